The van der Waals surface area contributed by atoms with Crippen molar-refractivity contribution in [3.05, 3.63) is 182 Å². The minimum atomic E-state index is -1.57. The second-order valence-corrected chi connectivity index (χ2v) is 27.1. The summed E-state index contributed by atoms with van der Waals surface area (Å²) in [5, 5.41) is 15.3. The van der Waals surface area contributed by atoms with Crippen LogP contribution in [-0.4, -0.2) is 199 Å². The number of hydrogen-bond donors (Lipinski definition) is 3. The minimum Gasteiger partial charge on any atom is -0.493 e. The molecule has 570 valence electrons. The molecule has 4 N–H and O–H groups in total. The Balaban J connectivity index is 0.660. The van der Waals surface area contributed by atoms with Crippen LogP contribution in [0.25, 0.3) is 0 Å². The summed E-state index contributed by atoms with van der Waals surface area (Å²) in [6.07, 6.45) is 0.297. The lowest BCUT2D eigenvalue weighted by atomic mass is 9.88. The molecule has 0 bridgehead atoms. The van der Waals surface area contributed by atoms with Gasteiger partial charge in [0.15, 0.2) is 23.5 Å². The Labute approximate surface area is 620 Å². The van der Waals surface area contributed by atoms with Gasteiger partial charge in [0.2, 0.25) is 5.91 Å². The number of nitrogens with one attached hydrogen (secondary N) is 1. The molecule has 106 heavy (non-hydrogen) atoms. The number of benzene rings is 5. The molecule has 1 aromatic heterocycles. The zero-order valence-corrected chi connectivity index (χ0v) is 61.6. The van der Waals surface area contributed by atoms with Crippen LogP contribution in [0.2, 0.25) is 0 Å². The van der Waals surface area contributed by atoms with Crippen LogP contribution in [0, 0.1) is 18.8 Å². The van der Waals surface area contributed by atoms with Gasteiger partial charge in [0, 0.05) is 62.5 Å². The van der Waals surface area contributed by atoms with Gasteiger partial charge in [0.05, 0.1) is 148 Å². The van der Waals surface area contributed by atoms with Gasteiger partial charge in [-0.3, -0.25) is 29.0 Å². The van der Waals surface area contributed by atoms with Gasteiger partial charge in [-0.2, -0.15) is 0 Å². The summed E-state index contributed by atoms with van der Waals surface area (Å²) in [6.45, 7) is 15.1. The van der Waals surface area contributed by atoms with Crippen molar-refractivity contribution in [2.24, 2.45) is 17.6 Å². The molecule has 5 atom stereocenters. The highest BCUT2D eigenvalue weighted by Crippen LogP contribution is 2.42. The Bertz CT molecular complexity index is 3890. The average molecular weight is 1460 g/mol. The van der Waals surface area contributed by atoms with Gasteiger partial charge in [0.1, 0.15) is 31.4 Å². The average Bonchev–Trinajstić information content (AvgIpc) is 1.59. The number of methoxy groups -OCH3 is 1. The van der Waals surface area contributed by atoms with Gasteiger partial charge in [-0.15, -0.1) is 0 Å². The number of nitrogens with two attached hydrogens (primary N) is 1. The molecular weight excluding hydrogens is 1360 g/mol. The number of fused-ring (bicyclic) bond motifs is 6. The van der Waals surface area contributed by atoms with E-state index in [9.17, 15) is 33.9 Å². The van der Waals surface area contributed by atoms with Crippen molar-refractivity contribution < 1.29 is 90.7 Å². The van der Waals surface area contributed by atoms with Crippen LogP contribution >= 0.6 is 0 Å². The summed E-state index contributed by atoms with van der Waals surface area (Å²) in [7, 11) is 1.45. The van der Waals surface area contributed by atoms with E-state index in [0.717, 1.165) is 46.4 Å². The molecule has 0 radical (unpaired) electrons. The molecule has 4 aliphatic rings. The number of rotatable bonds is 43. The molecular formula is C81H102N6O19. The van der Waals surface area contributed by atoms with Crippen molar-refractivity contribution in [1.82, 2.24) is 20.1 Å². The predicted molar refractivity (Wildman–Crippen MR) is 393 cm³/mol. The van der Waals surface area contributed by atoms with E-state index in [4.69, 9.17) is 67.6 Å². The number of ether oxygens (including phenoxy) is 12. The first-order chi connectivity index (χ1) is 51.6. The van der Waals surface area contributed by atoms with Crippen molar-refractivity contribution >= 4 is 41.1 Å². The number of aryl methyl sites for hydroxylation is 2. The molecule has 25 nitrogen and oxygen atoms in total. The zero-order chi connectivity index (χ0) is 74.7. The molecule has 4 amide bonds. The van der Waals surface area contributed by atoms with Gasteiger partial charge >= 0.3 is 6.09 Å². The molecule has 0 fully saturated rings. The van der Waals surface area contributed by atoms with E-state index in [2.05, 4.69) is 23.5 Å². The number of nitrogens with zero attached hydrogens (tertiary/aromatic N) is 4. The highest BCUT2D eigenvalue weighted by Gasteiger charge is 2.46. The van der Waals surface area contributed by atoms with Crippen LogP contribution in [0.5, 0.6) is 17.2 Å². The second-order valence-electron chi connectivity index (χ2n) is 27.1. The Morgan fingerprint density at radius 2 is 1.10 bits per heavy atom. The highest BCUT2D eigenvalue weighted by molar-refractivity contribution is 6.06. The van der Waals surface area contributed by atoms with Crippen LogP contribution < -0.4 is 30.2 Å². The van der Waals surface area contributed by atoms with Crippen molar-refractivity contribution in [1.29, 1.82) is 0 Å². The molecule has 0 aliphatic carbocycles. The molecule has 0 spiro atoms. The smallest absolute Gasteiger partial charge is 0.416 e. The third-order valence-corrected chi connectivity index (χ3v) is 19.3. The quantitative estimate of drug-likeness (QED) is 0.0302. The monoisotopic (exact) mass is 1460 g/mol. The topological polar surface area (TPSA) is 294 Å². The molecule has 5 heterocycles. The fourth-order valence-electron chi connectivity index (χ4n) is 13.4. The first kappa shape index (κ1) is 79.8. The van der Waals surface area contributed by atoms with Gasteiger partial charge in [-0.05, 0) is 120 Å². The maximum Gasteiger partial charge on any atom is 0.416 e. The largest absolute Gasteiger partial charge is 0.493 e. The van der Waals surface area contributed by atoms with Crippen molar-refractivity contribution in [2.75, 3.05) is 124 Å². The molecule has 25 heteroatoms. The second kappa shape index (κ2) is 40.8. The van der Waals surface area contributed by atoms with Gasteiger partial charge in [-0.25, -0.2) is 9.69 Å². The Morgan fingerprint density at radius 3 is 1.68 bits per heavy atom. The molecule has 10 rings (SSSR count). The number of pyridine rings is 1. The normalized spacial score (nSPS) is 16.5. The number of aromatic nitrogens is 1. The summed E-state index contributed by atoms with van der Waals surface area (Å²) < 4.78 is 68.5. The summed E-state index contributed by atoms with van der Waals surface area (Å²) in [4.78, 5) is 93.3. The molecule has 0 saturated carbocycles. The molecule has 6 aromatic rings. The number of aliphatic hydroxyl groups is 1. The highest BCUT2D eigenvalue weighted by atomic mass is 16.6. The van der Waals surface area contributed by atoms with Crippen molar-refractivity contribution in [2.45, 2.75) is 130 Å². The third-order valence-electron chi connectivity index (χ3n) is 19.3. The number of carbonyl (C=O) groups is 6. The molecule has 4 aliphatic heterocycles. The van der Waals surface area contributed by atoms with E-state index in [1.165, 1.54) is 30.4 Å². The van der Waals surface area contributed by atoms with Crippen LogP contribution in [0.4, 0.5) is 10.5 Å². The predicted octanol–water partition coefficient (Wildman–Crippen LogP) is 8.44. The van der Waals surface area contributed by atoms with E-state index < -0.39 is 42.1 Å². The first-order valence-electron chi connectivity index (χ1n) is 36.8. The number of anilines is 1. The number of aliphatic hydroxyl groups excluding tert-OH is 1. The Hall–Kier alpha value is -8.73. The standard InChI is InChI=1S/C81H102N6O19/c1-54(2)68(46-67(88)23-25-96-27-29-98-31-33-100-35-37-102-39-40-103-38-36-101-34-32-99-30-28-97-26-24-82)77(90)83-56(4)73(89)42-57-17-19-58(20-18-57)51-106-81(94)87-71-48-76(75(95-5)47-70(71)79(92)86-50-63-14-9-7-12-60(63)44-72(86)80(87)93)105-53-65-16-10-15-64(84-65)52-104-74-45-61-21-22-66-43-59-11-6-8-13-62(59)49-85(66)78(91)69(61)41-55(74)3/h6-20,41,45,47-48,54,56,66,68,72,80,93H,21-40,42-44,46,49-53,82H2,1-5H3,(H,83,90)/t56-,66+,68-,72-,80?/m0/s1. The maximum absolute atomic E-state index is 14.8. The fraction of sp³-hybridized carbons (Fsp3) is 0.494. The maximum atomic E-state index is 14.8. The first-order valence-corrected chi connectivity index (χ1v) is 36.8. The third kappa shape index (κ3) is 22.4. The van der Waals surface area contributed by atoms with Crippen LogP contribution in [0.3, 0.4) is 0 Å². The van der Waals surface area contributed by atoms with Gasteiger partial charge in [-0.1, -0.05) is 92.7 Å². The van der Waals surface area contributed by atoms with Crippen molar-refractivity contribution in [3.8, 4) is 17.2 Å². The summed E-state index contributed by atoms with van der Waals surface area (Å²) in [6, 6.07) is 33.8. The number of amides is 4. The van der Waals surface area contributed by atoms with Gasteiger partial charge < -0.3 is 82.8 Å². The lowest BCUT2D eigenvalue weighted by Crippen LogP contribution is -2.55. The molecule has 0 saturated heterocycles. The number of ketones is 2. The van der Waals surface area contributed by atoms with E-state index in [-0.39, 0.29) is 117 Å². The van der Waals surface area contributed by atoms with E-state index in [1.807, 2.05) is 86.3 Å². The number of carbonyl (C=O) groups excluding carboxylic acids is 6. The SMILES string of the molecule is COc1cc2c(cc1OCc1cccc(COc3cc4c(cc3C)C(=O)N3Cc5ccccc5C[C@H]3CC4)n1)N(C(=O)OCc1ccc(CC(=O)[C@H](C)NC(=O)[C@@H](CC(=O)CCOCCOCCOCCOCCOCCOCCOCCOCCN)C(C)C)cc1)C(O)[C@@H]1Cc3ccccc3CN1C2=O. The minimum absolute atomic E-state index is 0.00440. The van der Waals surface area contributed by atoms with Crippen molar-refractivity contribution in [3.63, 3.8) is 0 Å². The summed E-state index contributed by atoms with van der Waals surface area (Å²) >= 11 is 0. The van der Waals surface area contributed by atoms with Crippen LogP contribution in [0.15, 0.2) is 115 Å². The lowest BCUT2D eigenvalue weighted by Gasteiger charge is -2.39. The molecule has 1 unspecified atom stereocenters. The summed E-state index contributed by atoms with van der Waals surface area (Å²) in [5.74, 6) is -0.950. The summed E-state index contributed by atoms with van der Waals surface area (Å²) in [5.41, 5.74) is 14.8. The van der Waals surface area contributed by atoms with E-state index in [1.54, 1.807) is 36.1 Å². The fourth-order valence-corrected chi connectivity index (χ4v) is 13.4. The number of Topliss-reactive ketones (excluding diaryl/α,β-unsaturated/α-hetero) is 2. The Kier molecular flexibility index (Phi) is 30.8. The van der Waals surface area contributed by atoms with Crippen LogP contribution in [0.1, 0.15) is 117 Å². The van der Waals surface area contributed by atoms with E-state index in [0.29, 0.717) is 139 Å². The van der Waals surface area contributed by atoms with E-state index >= 15 is 0 Å². The lowest BCUT2D eigenvalue weighted by molar-refractivity contribution is -0.133. The zero-order valence-electron chi connectivity index (χ0n) is 61.6. The van der Waals surface area contributed by atoms with Gasteiger partial charge in [0.25, 0.3) is 11.8 Å². The Morgan fingerprint density at radius 1 is 0.575 bits per heavy atom. The molecule has 5 aromatic carbocycles. The number of hydrogen-bond acceptors (Lipinski definition) is 21. The van der Waals surface area contributed by atoms with Crippen LogP contribution in [-0.2, 0) is 116 Å².